The summed E-state index contributed by atoms with van der Waals surface area (Å²) in [6.07, 6.45) is 2.66. The number of rotatable bonds is 4. The fourth-order valence-corrected chi connectivity index (χ4v) is 1.39. The Bertz CT molecular complexity index is 285. The number of hydrogen-bond acceptors (Lipinski definition) is 1. The van der Waals surface area contributed by atoms with Crippen LogP contribution in [0.2, 0.25) is 0 Å². The van der Waals surface area contributed by atoms with E-state index in [1.807, 2.05) is 0 Å². The molecule has 1 heteroatoms. The summed E-state index contributed by atoms with van der Waals surface area (Å²) in [5, 5.41) is 0. The second kappa shape index (κ2) is 4.97. The second-order valence-corrected chi connectivity index (χ2v) is 4.00. The van der Waals surface area contributed by atoms with Gasteiger partial charge in [0.2, 0.25) is 0 Å². The number of nitrogens with two attached hydrogens (primary N) is 1. The topological polar surface area (TPSA) is 26.0 Å². The molecule has 1 aromatic carbocycles. The SMILES string of the molecule is C=C[C@H](N)Cc1ccc(C(C)C)cc1. The van der Waals surface area contributed by atoms with Gasteiger partial charge < -0.3 is 5.73 Å². The highest BCUT2D eigenvalue weighted by Gasteiger charge is 2.01. The molecule has 1 atom stereocenters. The Hall–Kier alpha value is -1.08. The average Bonchev–Trinajstić information content (AvgIpc) is 2.18. The minimum Gasteiger partial charge on any atom is -0.324 e. The van der Waals surface area contributed by atoms with Gasteiger partial charge in [0.05, 0.1) is 0 Å². The summed E-state index contributed by atoms with van der Waals surface area (Å²) in [6.45, 7) is 8.08. The van der Waals surface area contributed by atoms with E-state index in [2.05, 4.69) is 44.7 Å². The Morgan fingerprint density at radius 2 is 1.86 bits per heavy atom. The Balaban J connectivity index is 2.68. The highest BCUT2D eigenvalue weighted by atomic mass is 14.6. The van der Waals surface area contributed by atoms with Crippen LogP contribution < -0.4 is 5.73 Å². The summed E-state index contributed by atoms with van der Waals surface area (Å²) in [4.78, 5) is 0. The average molecular weight is 189 g/mol. The van der Waals surface area contributed by atoms with Gasteiger partial charge >= 0.3 is 0 Å². The quantitative estimate of drug-likeness (QED) is 0.724. The first-order valence-electron chi connectivity index (χ1n) is 5.10. The van der Waals surface area contributed by atoms with E-state index in [1.54, 1.807) is 6.08 Å². The molecule has 0 aliphatic carbocycles. The molecule has 76 valence electrons. The van der Waals surface area contributed by atoms with Crippen LogP contribution in [0, 0.1) is 0 Å². The lowest BCUT2D eigenvalue weighted by Gasteiger charge is -2.08. The maximum absolute atomic E-state index is 5.78. The molecular formula is C13H19N. The van der Waals surface area contributed by atoms with Crippen LogP contribution in [-0.2, 0) is 6.42 Å². The first-order chi connectivity index (χ1) is 6.63. The lowest BCUT2D eigenvalue weighted by atomic mass is 9.99. The second-order valence-electron chi connectivity index (χ2n) is 4.00. The fourth-order valence-electron chi connectivity index (χ4n) is 1.39. The Kier molecular flexibility index (Phi) is 3.90. The first kappa shape index (κ1) is 11.0. The minimum atomic E-state index is 0.0694. The summed E-state index contributed by atoms with van der Waals surface area (Å²) in [6, 6.07) is 8.73. The molecule has 1 nitrogen and oxygen atoms in total. The minimum absolute atomic E-state index is 0.0694. The predicted octanol–water partition coefficient (Wildman–Crippen LogP) is 2.87. The Labute approximate surface area is 86.6 Å². The van der Waals surface area contributed by atoms with Crippen molar-refractivity contribution in [1.82, 2.24) is 0 Å². The zero-order valence-corrected chi connectivity index (χ0v) is 9.03. The highest BCUT2D eigenvalue weighted by Crippen LogP contribution is 2.15. The van der Waals surface area contributed by atoms with Crippen molar-refractivity contribution >= 4 is 0 Å². The molecule has 0 saturated carbocycles. The fraction of sp³-hybridized carbons (Fsp3) is 0.385. The predicted molar refractivity (Wildman–Crippen MR) is 62.4 cm³/mol. The van der Waals surface area contributed by atoms with Crippen LogP contribution in [0.5, 0.6) is 0 Å². The molecule has 0 aliphatic rings. The van der Waals surface area contributed by atoms with Crippen LogP contribution in [-0.4, -0.2) is 6.04 Å². The van der Waals surface area contributed by atoms with Crippen molar-refractivity contribution in [2.45, 2.75) is 32.2 Å². The molecular weight excluding hydrogens is 170 g/mol. The van der Waals surface area contributed by atoms with Gasteiger partial charge in [-0.1, -0.05) is 44.2 Å². The molecule has 0 amide bonds. The largest absolute Gasteiger partial charge is 0.324 e. The van der Waals surface area contributed by atoms with Gasteiger partial charge in [-0.15, -0.1) is 6.58 Å². The smallest absolute Gasteiger partial charge is 0.0262 e. The summed E-state index contributed by atoms with van der Waals surface area (Å²) in [5.74, 6) is 0.595. The van der Waals surface area contributed by atoms with Crippen LogP contribution in [0.3, 0.4) is 0 Å². The molecule has 0 aromatic heterocycles. The summed E-state index contributed by atoms with van der Waals surface area (Å²) >= 11 is 0. The lowest BCUT2D eigenvalue weighted by molar-refractivity contribution is 0.808. The maximum Gasteiger partial charge on any atom is 0.0262 e. The van der Waals surface area contributed by atoms with E-state index in [9.17, 15) is 0 Å². The van der Waals surface area contributed by atoms with Gasteiger partial charge in [-0.3, -0.25) is 0 Å². The van der Waals surface area contributed by atoms with Crippen LogP contribution in [0.25, 0.3) is 0 Å². The molecule has 2 N–H and O–H groups in total. The monoisotopic (exact) mass is 189 g/mol. The van der Waals surface area contributed by atoms with E-state index in [4.69, 9.17) is 5.73 Å². The molecule has 14 heavy (non-hydrogen) atoms. The molecule has 0 saturated heterocycles. The maximum atomic E-state index is 5.78. The highest BCUT2D eigenvalue weighted by molar-refractivity contribution is 5.25. The molecule has 0 radical (unpaired) electrons. The van der Waals surface area contributed by atoms with Crippen LogP contribution in [0.15, 0.2) is 36.9 Å². The molecule has 0 fully saturated rings. The third-order valence-electron chi connectivity index (χ3n) is 2.42. The molecule has 0 aliphatic heterocycles. The standard InChI is InChI=1S/C13H19N/c1-4-13(14)9-11-5-7-12(8-6-11)10(2)3/h4-8,10,13H,1,9,14H2,2-3H3/t13-/m0/s1. The van der Waals surface area contributed by atoms with E-state index in [0.29, 0.717) is 5.92 Å². The summed E-state index contributed by atoms with van der Waals surface area (Å²) < 4.78 is 0. The van der Waals surface area contributed by atoms with E-state index in [1.165, 1.54) is 11.1 Å². The molecule has 0 unspecified atom stereocenters. The number of benzene rings is 1. The van der Waals surface area contributed by atoms with E-state index >= 15 is 0 Å². The van der Waals surface area contributed by atoms with E-state index < -0.39 is 0 Å². The molecule has 1 aromatic rings. The van der Waals surface area contributed by atoms with E-state index in [-0.39, 0.29) is 6.04 Å². The first-order valence-corrected chi connectivity index (χ1v) is 5.10. The Morgan fingerprint density at radius 1 is 1.29 bits per heavy atom. The lowest BCUT2D eigenvalue weighted by Crippen LogP contribution is -2.19. The van der Waals surface area contributed by atoms with Crippen molar-refractivity contribution in [1.29, 1.82) is 0 Å². The van der Waals surface area contributed by atoms with Gasteiger partial charge in [0.15, 0.2) is 0 Å². The van der Waals surface area contributed by atoms with Crippen LogP contribution >= 0.6 is 0 Å². The molecule has 0 heterocycles. The van der Waals surface area contributed by atoms with Crippen LogP contribution in [0.1, 0.15) is 30.9 Å². The third-order valence-corrected chi connectivity index (χ3v) is 2.42. The van der Waals surface area contributed by atoms with Crippen molar-refractivity contribution in [2.75, 3.05) is 0 Å². The summed E-state index contributed by atoms with van der Waals surface area (Å²) in [7, 11) is 0. The van der Waals surface area contributed by atoms with Gasteiger partial charge in [-0.25, -0.2) is 0 Å². The molecule has 0 spiro atoms. The molecule has 0 bridgehead atoms. The zero-order valence-electron chi connectivity index (χ0n) is 9.03. The van der Waals surface area contributed by atoms with Crippen molar-refractivity contribution in [3.8, 4) is 0 Å². The van der Waals surface area contributed by atoms with Crippen LogP contribution in [0.4, 0.5) is 0 Å². The molecule has 1 rings (SSSR count). The van der Waals surface area contributed by atoms with Crippen molar-refractivity contribution in [3.05, 3.63) is 48.0 Å². The Morgan fingerprint density at radius 3 is 2.29 bits per heavy atom. The van der Waals surface area contributed by atoms with Gasteiger partial charge in [0.1, 0.15) is 0 Å². The summed E-state index contributed by atoms with van der Waals surface area (Å²) in [5.41, 5.74) is 8.44. The van der Waals surface area contributed by atoms with Gasteiger partial charge in [0.25, 0.3) is 0 Å². The van der Waals surface area contributed by atoms with Gasteiger partial charge in [0, 0.05) is 6.04 Å². The van der Waals surface area contributed by atoms with Gasteiger partial charge in [-0.05, 0) is 23.5 Å². The van der Waals surface area contributed by atoms with Gasteiger partial charge in [-0.2, -0.15) is 0 Å². The van der Waals surface area contributed by atoms with Crippen molar-refractivity contribution in [2.24, 2.45) is 5.73 Å². The zero-order chi connectivity index (χ0) is 10.6. The van der Waals surface area contributed by atoms with Crippen molar-refractivity contribution in [3.63, 3.8) is 0 Å². The van der Waals surface area contributed by atoms with Crippen molar-refractivity contribution < 1.29 is 0 Å². The van der Waals surface area contributed by atoms with E-state index in [0.717, 1.165) is 6.42 Å². The third kappa shape index (κ3) is 3.00. The number of hydrogen-bond donors (Lipinski definition) is 1. The normalized spacial score (nSPS) is 12.9.